The van der Waals surface area contributed by atoms with Gasteiger partial charge in [-0.1, -0.05) is 30.0 Å². The summed E-state index contributed by atoms with van der Waals surface area (Å²) in [6.45, 7) is 2.29. The van der Waals surface area contributed by atoms with Crippen molar-refractivity contribution in [2.75, 3.05) is 52.3 Å². The van der Waals surface area contributed by atoms with Crippen LogP contribution in [-0.4, -0.2) is 106 Å². The van der Waals surface area contributed by atoms with Gasteiger partial charge in [0.05, 0.1) is 43.2 Å². The lowest BCUT2D eigenvalue weighted by Gasteiger charge is -2.49. The van der Waals surface area contributed by atoms with E-state index in [9.17, 15) is 14.4 Å². The molecule has 10 nitrogen and oxygen atoms in total. The number of aromatic nitrogens is 1. The number of amides is 2. The average molecular weight is 623 g/mol. The maximum atomic E-state index is 13.0. The van der Waals surface area contributed by atoms with Crippen molar-refractivity contribution >= 4 is 79.7 Å². The van der Waals surface area contributed by atoms with Gasteiger partial charge in [-0.2, -0.15) is 0 Å². The Labute approximate surface area is 251 Å². The number of carbonyl (C=O) groups is 3. The molecule has 3 heterocycles. The summed E-state index contributed by atoms with van der Waals surface area (Å²) >= 11 is 10.3. The zero-order valence-corrected chi connectivity index (χ0v) is 25.8. The largest absolute Gasteiger partial charge is 0.370 e. The summed E-state index contributed by atoms with van der Waals surface area (Å²) in [6.07, 6.45) is 4.74. The van der Waals surface area contributed by atoms with E-state index in [4.69, 9.17) is 22.7 Å². The smallest absolute Gasteiger partial charge is 0.269 e. The fourth-order valence-corrected chi connectivity index (χ4v) is 7.85. The van der Waals surface area contributed by atoms with Crippen LogP contribution in [0.2, 0.25) is 0 Å². The van der Waals surface area contributed by atoms with Crippen molar-refractivity contribution in [3.05, 3.63) is 47.7 Å². The molecule has 1 aromatic carbocycles. The summed E-state index contributed by atoms with van der Waals surface area (Å²) in [5.41, 5.74) is 7.28. The van der Waals surface area contributed by atoms with Crippen LogP contribution in [0.15, 0.2) is 52.0 Å². The molecule has 0 spiro atoms. The Morgan fingerprint density at radius 2 is 2.12 bits per heavy atom. The molecule has 0 bridgehead atoms. The number of hydrogen-bond donors (Lipinski definition) is 3. The van der Waals surface area contributed by atoms with Crippen LogP contribution >= 0.6 is 46.5 Å². The molecular weight excluding hydrogens is 590 g/mol. The number of nitrogens with zero attached hydrogens (tertiary/aromatic N) is 4. The number of para-hydroxylation sites is 1. The fraction of sp³-hybridized carbons (Fsp3) is 0.423. The molecule has 2 atom stereocenters. The second-order valence-corrected chi connectivity index (χ2v) is 13.9. The summed E-state index contributed by atoms with van der Waals surface area (Å²) in [5, 5.41) is 9.24. The molecule has 1 aromatic heterocycles. The van der Waals surface area contributed by atoms with Crippen LogP contribution in [0.1, 0.15) is 6.42 Å². The van der Waals surface area contributed by atoms with Crippen molar-refractivity contribution in [1.29, 1.82) is 5.41 Å². The van der Waals surface area contributed by atoms with E-state index in [0.29, 0.717) is 28.9 Å². The van der Waals surface area contributed by atoms with Crippen molar-refractivity contribution < 1.29 is 18.9 Å². The molecule has 1 fully saturated rings. The van der Waals surface area contributed by atoms with Gasteiger partial charge in [0.15, 0.2) is 10.3 Å². The van der Waals surface area contributed by atoms with E-state index < -0.39 is 11.3 Å². The van der Waals surface area contributed by atoms with Crippen LogP contribution in [0, 0.1) is 5.41 Å². The van der Waals surface area contributed by atoms with E-state index >= 15 is 0 Å². The Hall–Kier alpha value is -2.58. The Balaban J connectivity index is 1.32. The lowest BCUT2D eigenvalue weighted by molar-refractivity contribution is -0.884. The number of thioether (sulfide) groups is 2. The van der Waals surface area contributed by atoms with Crippen LogP contribution in [0.5, 0.6) is 0 Å². The zero-order chi connectivity index (χ0) is 29.0. The molecule has 0 radical (unpaired) electrons. The quantitative estimate of drug-likeness (QED) is 0.0822. The number of quaternary nitrogens is 1. The highest BCUT2D eigenvalue weighted by molar-refractivity contribution is 8.01. The third kappa shape index (κ3) is 7.19. The number of allylic oxidation sites excluding steroid dienone is 2. The normalized spacial score (nSPS) is 19.1. The molecular formula is C26H33ClN7O3S3+. The molecule has 0 aliphatic carbocycles. The molecule has 214 valence electrons. The number of nitrogens with one attached hydrogen (secondary N) is 2. The van der Waals surface area contributed by atoms with Crippen molar-refractivity contribution in [3.8, 4) is 0 Å². The van der Waals surface area contributed by atoms with Crippen molar-refractivity contribution in [1.82, 2.24) is 20.1 Å². The minimum atomic E-state index is -0.700. The number of halogens is 1. The summed E-state index contributed by atoms with van der Waals surface area (Å²) in [5.74, 6) is 0.101. The number of nitrogens with two attached hydrogens (primary N) is 1. The highest BCUT2D eigenvalue weighted by atomic mass is 35.5. The monoisotopic (exact) mass is 622 g/mol. The second-order valence-electron chi connectivity index (χ2n) is 10.2. The van der Waals surface area contributed by atoms with Gasteiger partial charge in [0.25, 0.3) is 11.1 Å². The Morgan fingerprint density at radius 1 is 1.38 bits per heavy atom. The highest BCUT2D eigenvalue weighted by Crippen LogP contribution is 2.41. The van der Waals surface area contributed by atoms with E-state index in [1.54, 1.807) is 11.9 Å². The first-order valence-corrected chi connectivity index (χ1v) is 15.9. The first-order chi connectivity index (χ1) is 19.0. The molecule has 0 unspecified atom stereocenters. The van der Waals surface area contributed by atoms with Crippen LogP contribution in [0.25, 0.3) is 10.2 Å². The molecule has 40 heavy (non-hydrogen) atoms. The lowest BCUT2D eigenvalue weighted by Crippen LogP contribution is -2.70. The molecule has 2 aliphatic heterocycles. The standard InChI is InChI=1S/C26H32ClN7O3S3/c1-32(25(28)29)11-7-13-34(2,3)12-6-8-16-14-38-24-20(23(37)33(24)21(16)22(27)36)31-19(35)15-39-26-30-17-9-4-5-10-18(17)40-26/h4-6,8-10,20,24H,7,11-15H2,1-3H3,(H3-,28,29,31,35)/p+1/b8-6+/t20-,24-/m1/s1. The third-order valence-corrected chi connectivity index (χ3v) is 10.3. The van der Waals surface area contributed by atoms with Crippen LogP contribution in [0.3, 0.4) is 0 Å². The second kappa shape index (κ2) is 12.9. The SMILES string of the molecule is CN(CCC[N+](C)(C)C/C=C/C1=C(C(=O)Cl)N2C(=O)[C@@H](NC(=O)CSc3nc4ccccc4s3)[C@H]2SC1)C(=N)N. The molecule has 14 heteroatoms. The topological polar surface area (TPSA) is 132 Å². The Morgan fingerprint density at radius 3 is 2.83 bits per heavy atom. The van der Waals surface area contributed by atoms with E-state index in [1.807, 2.05) is 36.4 Å². The highest BCUT2D eigenvalue weighted by Gasteiger charge is 2.53. The van der Waals surface area contributed by atoms with Gasteiger partial charge in [0.1, 0.15) is 17.1 Å². The summed E-state index contributed by atoms with van der Waals surface area (Å²) in [4.78, 5) is 45.7. The van der Waals surface area contributed by atoms with Crippen molar-refractivity contribution in [2.24, 2.45) is 5.73 Å². The molecule has 1 saturated heterocycles. The van der Waals surface area contributed by atoms with Gasteiger partial charge in [0, 0.05) is 25.8 Å². The summed E-state index contributed by atoms with van der Waals surface area (Å²) < 4.78 is 2.56. The number of likely N-dealkylation sites (N-methyl/N-ethyl adjacent to an activating group) is 1. The fourth-order valence-electron chi connectivity index (χ4n) is 4.43. The zero-order valence-electron chi connectivity index (χ0n) is 22.6. The van der Waals surface area contributed by atoms with E-state index in [0.717, 1.165) is 27.5 Å². The number of fused-ring (bicyclic) bond motifs is 2. The number of guanidine groups is 1. The molecule has 2 amide bonds. The van der Waals surface area contributed by atoms with Crippen LogP contribution in [-0.2, 0) is 14.4 Å². The summed E-state index contributed by atoms with van der Waals surface area (Å²) in [7, 11) is 6.00. The van der Waals surface area contributed by atoms with E-state index in [1.165, 1.54) is 39.8 Å². The predicted molar refractivity (Wildman–Crippen MR) is 163 cm³/mol. The Bertz CT molecular complexity index is 1340. The average Bonchev–Trinajstić information content (AvgIpc) is 3.32. The lowest BCUT2D eigenvalue weighted by atomic mass is 10.0. The minimum absolute atomic E-state index is 0.0502. The molecule has 2 aliphatic rings. The number of benzene rings is 1. The maximum absolute atomic E-state index is 13.0. The van der Waals surface area contributed by atoms with Crippen LogP contribution in [0.4, 0.5) is 0 Å². The first-order valence-electron chi connectivity index (χ1n) is 12.7. The van der Waals surface area contributed by atoms with Gasteiger partial charge in [-0.15, -0.1) is 23.1 Å². The van der Waals surface area contributed by atoms with Gasteiger partial charge in [-0.3, -0.25) is 24.7 Å². The number of thiazole rings is 1. The van der Waals surface area contributed by atoms with Gasteiger partial charge < -0.3 is 20.4 Å². The van der Waals surface area contributed by atoms with Crippen molar-refractivity contribution in [2.45, 2.75) is 22.2 Å². The number of hydrogen-bond acceptors (Lipinski definition) is 8. The van der Waals surface area contributed by atoms with Gasteiger partial charge in [0.2, 0.25) is 5.91 Å². The molecule has 2 aromatic rings. The minimum Gasteiger partial charge on any atom is -0.370 e. The molecule has 0 saturated carbocycles. The number of rotatable bonds is 12. The first kappa shape index (κ1) is 30.4. The number of β-lactam (4-membered cyclic amide) rings is 1. The summed E-state index contributed by atoms with van der Waals surface area (Å²) in [6, 6.07) is 7.10. The van der Waals surface area contributed by atoms with Crippen molar-refractivity contribution in [3.63, 3.8) is 0 Å². The Kier molecular flexibility index (Phi) is 9.83. The maximum Gasteiger partial charge on any atom is 0.269 e. The van der Waals surface area contributed by atoms with Gasteiger partial charge in [-0.05, 0) is 35.4 Å². The molecule has 4 N–H and O–H groups in total. The van der Waals surface area contributed by atoms with Gasteiger partial charge >= 0.3 is 0 Å². The predicted octanol–water partition coefficient (Wildman–Crippen LogP) is 2.66. The van der Waals surface area contributed by atoms with Gasteiger partial charge in [-0.25, -0.2) is 4.98 Å². The third-order valence-electron chi connectivity index (χ3n) is 6.69. The van der Waals surface area contributed by atoms with E-state index in [-0.39, 0.29) is 34.6 Å². The van der Waals surface area contributed by atoms with E-state index in [2.05, 4.69) is 24.4 Å². The number of carbonyl (C=O) groups excluding carboxylic acids is 3. The molecule has 4 rings (SSSR count). The van der Waals surface area contributed by atoms with Crippen LogP contribution < -0.4 is 11.1 Å².